The summed E-state index contributed by atoms with van der Waals surface area (Å²) in [6, 6.07) is 5.33. The Balaban J connectivity index is 1.13. The summed E-state index contributed by atoms with van der Waals surface area (Å²) >= 11 is 8.00. The molecule has 1 aromatic carbocycles. The second-order valence-corrected chi connectivity index (χ2v) is 19.0. The van der Waals surface area contributed by atoms with E-state index in [-0.39, 0.29) is 37.8 Å². The van der Waals surface area contributed by atoms with Crippen LogP contribution in [0.3, 0.4) is 0 Å². The first-order chi connectivity index (χ1) is 27.3. The molecule has 4 fully saturated rings. The molecule has 2 aromatic heterocycles. The SMILES string of the molecule is C=C[C@@H]1C[C@]1(NC(=O)[C@@H]1C[C@@H](C2c3c(Cl)cccc3CN2C(=O)O)CN1C(=O)[C@@H](Nc1nc(-c2ccc(F)nc2)cs1)C1CCCCC1)C(=O)NS(=O)(=O)C1CC1. The average Bonchev–Trinajstić information content (AvgIpc) is 4.01. The van der Waals surface area contributed by atoms with Crippen molar-refractivity contribution in [2.24, 2.45) is 17.8 Å². The summed E-state index contributed by atoms with van der Waals surface area (Å²) < 4.78 is 41.4. The topological polar surface area (TPSA) is 191 Å². The maximum Gasteiger partial charge on any atom is 0.408 e. The molecule has 1 saturated heterocycles. The lowest BCUT2D eigenvalue weighted by Crippen LogP contribution is -2.58. The van der Waals surface area contributed by atoms with Crippen LogP contribution in [0.25, 0.3) is 11.3 Å². The van der Waals surface area contributed by atoms with Crippen LogP contribution in [0.2, 0.25) is 5.02 Å². The summed E-state index contributed by atoms with van der Waals surface area (Å²) in [6.45, 7) is 3.89. The first-order valence-corrected chi connectivity index (χ1v) is 22.0. The third-order valence-electron chi connectivity index (χ3n) is 12.2. The largest absolute Gasteiger partial charge is 0.465 e. The van der Waals surface area contributed by atoms with Crippen LogP contribution in [0.15, 0.2) is 54.6 Å². The molecule has 57 heavy (non-hydrogen) atoms. The molecular formula is C39H43ClFN7O7S2. The number of nitrogens with one attached hydrogen (secondary N) is 3. The zero-order valence-corrected chi connectivity index (χ0v) is 33.3. The Morgan fingerprint density at radius 1 is 1.09 bits per heavy atom. The van der Waals surface area contributed by atoms with E-state index in [1.54, 1.807) is 23.6 Å². The number of hydrogen-bond donors (Lipinski definition) is 4. The molecule has 3 saturated carbocycles. The van der Waals surface area contributed by atoms with E-state index < -0.39 is 74.6 Å². The van der Waals surface area contributed by atoms with Gasteiger partial charge in [-0.15, -0.1) is 17.9 Å². The van der Waals surface area contributed by atoms with Gasteiger partial charge in [0.2, 0.25) is 27.8 Å². The Bertz CT molecular complexity index is 2210. The van der Waals surface area contributed by atoms with Crippen molar-refractivity contribution < 1.29 is 37.1 Å². The standard InChI is InChI=1S/C39H43ClFN7O7S2/c1-2-25-16-39(25,36(51)46-57(54,55)26-12-13-26)45-34(49)29-15-24(33-31-23(9-6-10-27(31)40)18-48(33)38(52)53)19-47(29)35(50)32(21-7-4-3-5-8-21)44-37-43-28(20-56-37)22-11-14-30(41)42-17-22/h2,6,9-11,14,17,20-21,24-26,29,32-33H,1,3-5,7-8,12-13,15-16,18-19H2,(H,43,44)(H,45,49)(H,46,51)(H,52,53)/t24-,25-,29+,32+,33?,39-/m1/s1. The molecule has 5 aliphatic rings. The molecule has 1 unspecified atom stereocenters. The number of likely N-dealkylation sites (tertiary alicyclic amines) is 1. The van der Waals surface area contributed by atoms with E-state index in [9.17, 15) is 32.3 Å². The number of rotatable bonds is 12. The van der Waals surface area contributed by atoms with Crippen molar-refractivity contribution in [3.63, 3.8) is 0 Å². The highest BCUT2D eigenvalue weighted by Crippen LogP contribution is 2.49. The normalized spacial score (nSPS) is 26.4. The number of benzene rings is 1. The molecule has 0 radical (unpaired) electrons. The molecule has 0 bridgehead atoms. The monoisotopic (exact) mass is 839 g/mol. The Kier molecular flexibility index (Phi) is 10.5. The molecule has 3 aromatic rings. The number of carbonyl (C=O) groups is 4. The quantitative estimate of drug-likeness (QED) is 0.134. The molecule has 6 atom stereocenters. The van der Waals surface area contributed by atoms with E-state index in [0.717, 1.165) is 37.7 Å². The third-order valence-corrected chi connectivity index (χ3v) is 15.1. The highest BCUT2D eigenvalue weighted by molar-refractivity contribution is 7.91. The molecule has 2 aliphatic heterocycles. The van der Waals surface area contributed by atoms with Gasteiger partial charge in [0.25, 0.3) is 5.91 Å². The number of carboxylic acid groups (broad SMARTS) is 1. The predicted molar refractivity (Wildman–Crippen MR) is 210 cm³/mol. The van der Waals surface area contributed by atoms with Gasteiger partial charge in [-0.2, -0.15) is 4.39 Å². The number of aromatic nitrogens is 2. The molecule has 4 heterocycles. The maximum absolute atomic E-state index is 15.1. The van der Waals surface area contributed by atoms with Gasteiger partial charge >= 0.3 is 6.09 Å². The fourth-order valence-corrected chi connectivity index (χ4v) is 11.4. The fourth-order valence-electron chi connectivity index (χ4n) is 8.93. The van der Waals surface area contributed by atoms with Gasteiger partial charge in [-0.05, 0) is 73.8 Å². The maximum atomic E-state index is 15.1. The molecule has 18 heteroatoms. The minimum Gasteiger partial charge on any atom is -0.465 e. The van der Waals surface area contributed by atoms with E-state index >= 15 is 4.79 Å². The van der Waals surface area contributed by atoms with Crippen molar-refractivity contribution in [1.82, 2.24) is 29.8 Å². The molecule has 14 nitrogen and oxygen atoms in total. The summed E-state index contributed by atoms with van der Waals surface area (Å²) in [7, 11) is -3.93. The van der Waals surface area contributed by atoms with E-state index in [2.05, 4.69) is 26.9 Å². The summed E-state index contributed by atoms with van der Waals surface area (Å²) in [5.41, 5.74) is 0.916. The van der Waals surface area contributed by atoms with Crippen molar-refractivity contribution in [2.75, 3.05) is 11.9 Å². The van der Waals surface area contributed by atoms with E-state index in [0.29, 0.717) is 39.8 Å². The number of anilines is 1. The van der Waals surface area contributed by atoms with Crippen molar-refractivity contribution in [3.8, 4) is 11.3 Å². The molecule has 8 rings (SSSR count). The summed E-state index contributed by atoms with van der Waals surface area (Å²) in [5, 5.41) is 18.5. The van der Waals surface area contributed by atoms with E-state index in [1.807, 2.05) is 6.07 Å². The lowest BCUT2D eigenvalue weighted by atomic mass is 9.83. The number of carbonyl (C=O) groups excluding carboxylic acids is 3. The number of amides is 4. The number of sulfonamides is 1. The van der Waals surface area contributed by atoms with Crippen LogP contribution in [-0.4, -0.2) is 86.5 Å². The van der Waals surface area contributed by atoms with Crippen molar-refractivity contribution in [3.05, 3.63) is 76.7 Å². The first-order valence-electron chi connectivity index (χ1n) is 19.2. The number of pyridine rings is 1. The Morgan fingerprint density at radius 3 is 2.53 bits per heavy atom. The van der Waals surface area contributed by atoms with Crippen molar-refractivity contribution >= 4 is 61.9 Å². The van der Waals surface area contributed by atoms with Gasteiger partial charge < -0.3 is 20.6 Å². The van der Waals surface area contributed by atoms with Gasteiger partial charge in [0.15, 0.2) is 5.13 Å². The second-order valence-electron chi connectivity index (χ2n) is 15.8. The Morgan fingerprint density at radius 2 is 1.86 bits per heavy atom. The van der Waals surface area contributed by atoms with Crippen molar-refractivity contribution in [1.29, 1.82) is 0 Å². The number of halogens is 2. The number of fused-ring (bicyclic) bond motifs is 1. The first kappa shape index (κ1) is 39.2. The highest BCUT2D eigenvalue weighted by Gasteiger charge is 2.62. The van der Waals surface area contributed by atoms with Crippen LogP contribution in [0, 0.1) is 23.7 Å². The van der Waals surface area contributed by atoms with Crippen LogP contribution in [0.5, 0.6) is 0 Å². The van der Waals surface area contributed by atoms with Crippen LogP contribution in [0.1, 0.15) is 75.0 Å². The van der Waals surface area contributed by atoms with Gasteiger partial charge in [-0.25, -0.2) is 23.2 Å². The molecule has 4 N–H and O–H groups in total. The number of hydrogen-bond acceptors (Lipinski definition) is 10. The van der Waals surface area contributed by atoms with Crippen molar-refractivity contribution in [2.45, 2.75) is 93.2 Å². The highest BCUT2D eigenvalue weighted by atomic mass is 35.5. The van der Waals surface area contributed by atoms with E-state index in [4.69, 9.17) is 16.6 Å². The predicted octanol–water partition coefficient (Wildman–Crippen LogP) is 5.48. The molecule has 0 spiro atoms. The van der Waals surface area contributed by atoms with Gasteiger partial charge in [0.1, 0.15) is 17.6 Å². The zero-order chi connectivity index (χ0) is 40.2. The van der Waals surface area contributed by atoms with Crippen LogP contribution in [-0.2, 0) is 31.0 Å². The smallest absolute Gasteiger partial charge is 0.408 e. The molecule has 4 amide bonds. The second kappa shape index (κ2) is 15.3. The van der Waals surface area contributed by atoms with Crippen LogP contribution >= 0.6 is 22.9 Å². The fraction of sp³-hybridized carbons (Fsp3) is 0.487. The van der Waals surface area contributed by atoms with Gasteiger partial charge in [0, 0.05) is 40.5 Å². The average molecular weight is 840 g/mol. The lowest BCUT2D eigenvalue weighted by Gasteiger charge is -2.35. The zero-order valence-electron chi connectivity index (χ0n) is 30.9. The summed E-state index contributed by atoms with van der Waals surface area (Å²) in [4.78, 5) is 67.3. The lowest BCUT2D eigenvalue weighted by molar-refractivity contribution is -0.141. The minimum absolute atomic E-state index is 0.00540. The van der Waals surface area contributed by atoms with Crippen LogP contribution < -0.4 is 15.4 Å². The number of thiazole rings is 1. The summed E-state index contributed by atoms with van der Waals surface area (Å²) in [5.74, 6) is -3.75. The van der Waals surface area contributed by atoms with Gasteiger partial charge in [0.05, 0.1) is 23.5 Å². The number of nitrogens with zero attached hydrogens (tertiary/aromatic N) is 4. The van der Waals surface area contributed by atoms with Gasteiger partial charge in [-0.3, -0.25) is 24.0 Å². The third kappa shape index (κ3) is 7.60. The van der Waals surface area contributed by atoms with Crippen LogP contribution in [0.4, 0.5) is 14.3 Å². The van der Waals surface area contributed by atoms with Gasteiger partial charge in [-0.1, -0.05) is 49.1 Å². The van der Waals surface area contributed by atoms with E-state index in [1.165, 1.54) is 39.5 Å². The molecular weight excluding hydrogens is 797 g/mol. The Labute approximate surface area is 338 Å². The molecule has 302 valence electrons. The minimum atomic E-state index is -3.93. The summed E-state index contributed by atoms with van der Waals surface area (Å²) in [6.07, 6.45) is 7.08. The molecule has 3 aliphatic carbocycles. The Hall–Kier alpha value is -4.61.